The minimum absolute atomic E-state index is 0.0273. The van der Waals surface area contributed by atoms with E-state index in [1.165, 1.54) is 27.7 Å². The Bertz CT molecular complexity index is 2140. The van der Waals surface area contributed by atoms with Gasteiger partial charge in [-0.1, -0.05) is 60.1 Å². The van der Waals surface area contributed by atoms with Crippen molar-refractivity contribution in [1.82, 2.24) is 37.2 Å². The molecule has 72 heavy (non-hydrogen) atoms. The van der Waals surface area contributed by atoms with Crippen LogP contribution in [0.15, 0.2) is 29.3 Å². The molecule has 0 bridgehead atoms. The van der Waals surface area contributed by atoms with E-state index in [9.17, 15) is 68.4 Å². The Hall–Kier alpha value is -7.17. The first-order chi connectivity index (χ1) is 33.5. The van der Waals surface area contributed by atoms with E-state index in [2.05, 4.69) is 36.9 Å². The van der Waals surface area contributed by atoms with E-state index in [1.54, 1.807) is 20.8 Å². The Morgan fingerprint density at radius 3 is 1.79 bits per heavy atom. The third kappa shape index (κ3) is 17.9. The molecule has 1 aromatic carbocycles. The summed E-state index contributed by atoms with van der Waals surface area (Å²) in [6.45, 7) is 10.8. The minimum atomic E-state index is -2.66. The number of guanidine groups is 1. The molecule has 0 radical (unpaired) electrons. The predicted molar refractivity (Wildman–Crippen MR) is 254 cm³/mol. The monoisotopic (exact) mass is 1020 g/mol. The number of primary amides is 2. The molecular weight excluding hydrogens is 951 g/mol. The van der Waals surface area contributed by atoms with Crippen molar-refractivity contribution in [1.29, 1.82) is 0 Å². The second-order valence-electron chi connectivity index (χ2n) is 18.2. The molecule has 28 nitrogen and oxygen atoms in total. The zero-order valence-electron chi connectivity index (χ0n) is 41.1. The van der Waals surface area contributed by atoms with Crippen molar-refractivity contribution >= 4 is 65.1 Å². The maximum atomic E-state index is 14.6. The van der Waals surface area contributed by atoms with Gasteiger partial charge in [0.15, 0.2) is 18.1 Å². The molecule has 2 unspecified atom stereocenters. The number of ether oxygens (including phenoxy) is 1. The molecule has 28 heteroatoms. The number of nitrogens with zero attached hydrogens (tertiary/aromatic N) is 1. The number of aromatic hydroxyl groups is 1. The summed E-state index contributed by atoms with van der Waals surface area (Å²) < 4.78 is 5.45. The molecule has 0 aliphatic carbocycles. The average Bonchev–Trinajstić information content (AvgIpc) is 3.30. The molecule has 1 aromatic rings. The summed E-state index contributed by atoms with van der Waals surface area (Å²) in [4.78, 5) is 141. The first-order valence-electron chi connectivity index (χ1n) is 23.1. The number of hydrogen-bond acceptors (Lipinski definition) is 17. The Morgan fingerprint density at radius 2 is 1.28 bits per heavy atom. The third-order valence-electron chi connectivity index (χ3n) is 11.4. The van der Waals surface area contributed by atoms with Crippen molar-refractivity contribution < 1.29 is 73.1 Å². The van der Waals surface area contributed by atoms with Crippen LogP contribution in [-0.4, -0.2) is 159 Å². The lowest BCUT2D eigenvalue weighted by atomic mass is 9.95. The number of cyclic esters (lactones) is 1. The number of benzene rings is 1. The number of nitrogens with two attached hydrogens (primary N) is 5. The van der Waals surface area contributed by atoms with E-state index in [1.807, 2.05) is 5.32 Å². The highest BCUT2D eigenvalue weighted by atomic mass is 16.6. The summed E-state index contributed by atoms with van der Waals surface area (Å²) in [7, 11) is 0. The number of nitrogens with one attached hydrogen (secondary N) is 7. The van der Waals surface area contributed by atoms with Crippen LogP contribution in [0.3, 0.4) is 0 Å². The highest BCUT2D eigenvalue weighted by molar-refractivity contribution is 6.02. The molecular formula is C44H71N13O15. The second-order valence-corrected chi connectivity index (χ2v) is 18.2. The van der Waals surface area contributed by atoms with E-state index in [0.717, 1.165) is 24.3 Å². The van der Waals surface area contributed by atoms with Gasteiger partial charge in [0.1, 0.15) is 48.1 Å². The van der Waals surface area contributed by atoms with Crippen molar-refractivity contribution in [3.05, 3.63) is 29.8 Å². The standard InChI is InChI=1S/C44H71N13O15/c1-8-19(6)25-43(71)72-33(35(47)63)29(42(70)56-27(31(60)21-11-13-22(58)14-12-21)40(68)55-26(39(67)53-25)30(59)18(4)5)57-41(69)28(32(61)34(46)62)54-37(65)23(10-9-15-50-44(48)49)51-38(66)24(16-17(2)3)52-36(64)20(7)45/h11-14,17-20,23-33,58-61H,8-10,15-16,45H2,1-7H3,(H2,46,62)(H2,47,63)(H,51,66)(H,52,64)(H,53,67)(H,54,65)(H,55,68)(H,56,70)(H,57,69)(H4,48,49,50)/t19-,20-,23+,24+,25-,26?,27-,28-,29+,30+,31+,32+,33?/m0/s1. The van der Waals surface area contributed by atoms with E-state index < -0.39 is 144 Å². The van der Waals surface area contributed by atoms with Gasteiger partial charge in [0.2, 0.25) is 53.4 Å². The maximum Gasteiger partial charge on any atom is 0.329 e. The number of esters is 1. The van der Waals surface area contributed by atoms with Crippen LogP contribution in [0.25, 0.3) is 0 Å². The zero-order chi connectivity index (χ0) is 54.9. The Kier molecular flexibility index (Phi) is 23.7. The summed E-state index contributed by atoms with van der Waals surface area (Å²) in [6.07, 6.45) is -9.15. The Balaban J connectivity index is 2.84. The quantitative estimate of drug-likeness (QED) is 0.0210. The molecule has 1 aliphatic rings. The van der Waals surface area contributed by atoms with Crippen molar-refractivity contribution in [2.45, 2.75) is 147 Å². The Morgan fingerprint density at radius 1 is 0.736 bits per heavy atom. The molecule has 2 rings (SSSR count). The van der Waals surface area contributed by atoms with Crippen LogP contribution < -0.4 is 65.9 Å². The van der Waals surface area contributed by atoms with Gasteiger partial charge in [-0.05, 0) is 61.6 Å². The van der Waals surface area contributed by atoms with E-state index in [4.69, 9.17) is 33.4 Å². The van der Waals surface area contributed by atoms with Gasteiger partial charge in [-0.15, -0.1) is 0 Å². The lowest BCUT2D eigenvalue weighted by Gasteiger charge is -2.31. The highest BCUT2D eigenvalue weighted by Crippen LogP contribution is 2.22. The normalized spacial score (nSPS) is 22.1. The van der Waals surface area contributed by atoms with Crippen molar-refractivity contribution in [3.8, 4) is 5.75 Å². The van der Waals surface area contributed by atoms with Gasteiger partial charge < -0.3 is 91.0 Å². The SMILES string of the molecule is CC[C@H](C)[C@@H]1NC(=O)C([C@H](O)C(C)C)NC(=O)[C@H]([C@H](O)c2ccc(O)cc2)NC(=O)[C@H](NC(=O)[C@@H](NC(=O)[C@@H](CCCN=C(N)N)NC(=O)[C@@H](CC(C)C)NC(=O)[C@H](C)N)[C@@H](O)C(N)=O)C(C(N)=O)OC1=O. The van der Waals surface area contributed by atoms with Gasteiger partial charge in [-0.3, -0.25) is 48.1 Å². The predicted octanol–water partition coefficient (Wildman–Crippen LogP) is -6.41. The fraction of sp³-hybridized carbons (Fsp3) is 0.614. The summed E-state index contributed by atoms with van der Waals surface area (Å²) in [6, 6.07) is -10.4. The number of aliphatic imine (C=N–C) groups is 1. The van der Waals surface area contributed by atoms with Gasteiger partial charge in [0, 0.05) is 6.54 Å². The Labute approximate surface area is 415 Å². The summed E-state index contributed by atoms with van der Waals surface area (Å²) in [5, 5.41) is 59.5. The topological polar surface area (TPSA) is 488 Å². The molecule has 1 heterocycles. The number of aliphatic hydroxyl groups excluding tert-OH is 3. The van der Waals surface area contributed by atoms with Gasteiger partial charge in [-0.2, -0.15) is 0 Å². The molecule has 0 spiro atoms. The average molecular weight is 1020 g/mol. The minimum Gasteiger partial charge on any atom is -0.508 e. The molecule has 1 saturated heterocycles. The fourth-order valence-electron chi connectivity index (χ4n) is 7.01. The highest BCUT2D eigenvalue weighted by Gasteiger charge is 2.46. The molecule has 9 amide bonds. The van der Waals surface area contributed by atoms with Gasteiger partial charge in [-0.25, -0.2) is 4.79 Å². The smallest absolute Gasteiger partial charge is 0.329 e. The van der Waals surface area contributed by atoms with Gasteiger partial charge in [0.25, 0.3) is 5.91 Å². The first kappa shape index (κ1) is 61.0. The summed E-state index contributed by atoms with van der Waals surface area (Å²) in [5.74, 6) is -15.8. The van der Waals surface area contributed by atoms with E-state index in [0.29, 0.717) is 0 Å². The van der Waals surface area contributed by atoms with Crippen molar-refractivity contribution in [3.63, 3.8) is 0 Å². The molecule has 13 atom stereocenters. The fourth-order valence-corrected chi connectivity index (χ4v) is 7.01. The molecule has 0 aromatic heterocycles. The van der Waals surface area contributed by atoms with Gasteiger partial charge >= 0.3 is 5.97 Å². The number of carbonyl (C=O) groups excluding carboxylic acids is 10. The van der Waals surface area contributed by atoms with Crippen molar-refractivity contribution in [2.24, 2.45) is 51.4 Å². The van der Waals surface area contributed by atoms with Gasteiger partial charge in [0.05, 0.1) is 12.1 Å². The van der Waals surface area contributed by atoms with Crippen LogP contribution in [-0.2, 0) is 52.7 Å². The van der Waals surface area contributed by atoms with Crippen molar-refractivity contribution in [2.75, 3.05) is 6.54 Å². The molecule has 21 N–H and O–H groups in total. The largest absolute Gasteiger partial charge is 0.508 e. The third-order valence-corrected chi connectivity index (χ3v) is 11.4. The van der Waals surface area contributed by atoms with E-state index >= 15 is 0 Å². The number of carbonyl (C=O) groups is 10. The van der Waals surface area contributed by atoms with E-state index in [-0.39, 0.29) is 55.4 Å². The molecule has 1 aliphatic heterocycles. The number of aliphatic hydroxyl groups is 3. The molecule has 402 valence electrons. The van der Waals surface area contributed by atoms with Crippen LogP contribution >= 0.6 is 0 Å². The number of amides is 9. The van der Waals surface area contributed by atoms with Crippen LogP contribution in [0, 0.1) is 17.8 Å². The number of rotatable bonds is 23. The first-order valence-corrected chi connectivity index (χ1v) is 23.1. The van der Waals surface area contributed by atoms with Crippen LogP contribution in [0.5, 0.6) is 5.75 Å². The second kappa shape index (κ2) is 28.0. The van der Waals surface area contributed by atoms with Crippen LogP contribution in [0.1, 0.15) is 85.8 Å². The summed E-state index contributed by atoms with van der Waals surface area (Å²) >= 11 is 0. The summed E-state index contributed by atoms with van der Waals surface area (Å²) in [5.41, 5.74) is 27.5. The number of phenols is 1. The number of phenolic OH excluding ortho intramolecular Hbond substituents is 1. The maximum absolute atomic E-state index is 14.6. The van der Waals surface area contributed by atoms with Crippen LogP contribution in [0.4, 0.5) is 0 Å². The zero-order valence-corrected chi connectivity index (χ0v) is 41.1. The number of hydrogen-bond donors (Lipinski definition) is 16. The lowest BCUT2D eigenvalue weighted by Crippen LogP contribution is -2.66. The lowest BCUT2D eigenvalue weighted by molar-refractivity contribution is -0.163. The molecule has 0 saturated carbocycles. The van der Waals surface area contributed by atoms with Crippen LogP contribution in [0.2, 0.25) is 0 Å². The molecule has 1 fully saturated rings.